The van der Waals surface area contributed by atoms with Crippen LogP contribution >= 0.6 is 0 Å². The average molecular weight is 589 g/mol. The van der Waals surface area contributed by atoms with Crippen LogP contribution in [0.15, 0.2) is 48.5 Å². The quantitative estimate of drug-likeness (QED) is 0.233. The molecule has 0 aliphatic carbocycles. The van der Waals surface area contributed by atoms with Gasteiger partial charge in [0.1, 0.15) is 11.8 Å². The molecule has 13 heteroatoms. The van der Waals surface area contributed by atoms with Gasteiger partial charge in [0.25, 0.3) is 0 Å². The lowest BCUT2D eigenvalue weighted by Gasteiger charge is -2.27. The van der Waals surface area contributed by atoms with Crippen molar-refractivity contribution >= 4 is 40.8 Å². The number of nitrogens with one attached hydrogen (secondary N) is 4. The molecule has 1 aliphatic heterocycles. The molecule has 0 radical (unpaired) electrons. The van der Waals surface area contributed by atoms with E-state index in [0.717, 1.165) is 5.56 Å². The van der Waals surface area contributed by atoms with Crippen LogP contribution in [0.25, 0.3) is 0 Å². The largest absolute Gasteiger partial charge is 0.347 e. The van der Waals surface area contributed by atoms with E-state index >= 15 is 0 Å². The zero-order valence-corrected chi connectivity index (χ0v) is 24.4. The Morgan fingerprint density at radius 2 is 1.81 bits per heavy atom. The van der Waals surface area contributed by atoms with Crippen LogP contribution in [0.4, 0.5) is 11.4 Å². The van der Waals surface area contributed by atoms with E-state index in [0.29, 0.717) is 23.4 Å². The topological polar surface area (TPSA) is 179 Å². The lowest BCUT2D eigenvalue weighted by molar-refractivity contribution is -0.132. The van der Waals surface area contributed by atoms with Crippen LogP contribution in [-0.4, -0.2) is 62.6 Å². The lowest BCUT2D eigenvalue weighted by atomic mass is 9.85. The van der Waals surface area contributed by atoms with Crippen LogP contribution in [-0.2, 0) is 43.4 Å². The van der Waals surface area contributed by atoms with Crippen molar-refractivity contribution in [2.24, 2.45) is 11.8 Å². The van der Waals surface area contributed by atoms with Gasteiger partial charge < -0.3 is 16.0 Å². The van der Waals surface area contributed by atoms with Gasteiger partial charge in [-0.3, -0.25) is 28.9 Å². The van der Waals surface area contributed by atoms with Gasteiger partial charge in [0, 0.05) is 32.1 Å². The van der Waals surface area contributed by atoms with Crippen molar-refractivity contribution in [1.82, 2.24) is 31.3 Å². The number of anilines is 2. The number of para-hydroxylation sites is 1. The molecule has 0 bridgehead atoms. The Hall–Kier alpha value is -4.94. The number of H-pyrrole nitrogens is 1. The fourth-order valence-corrected chi connectivity index (χ4v) is 5.19. The minimum Gasteiger partial charge on any atom is -0.347 e. The number of fused-ring (bicyclic) bond motifs is 1. The molecule has 43 heavy (non-hydrogen) atoms. The van der Waals surface area contributed by atoms with Gasteiger partial charge in [-0.15, -0.1) is 10.2 Å². The van der Waals surface area contributed by atoms with E-state index in [1.165, 1.54) is 11.8 Å². The molecule has 0 spiro atoms. The van der Waals surface area contributed by atoms with Gasteiger partial charge in [-0.05, 0) is 23.1 Å². The third kappa shape index (κ3) is 7.87. The van der Waals surface area contributed by atoms with Gasteiger partial charge in [-0.2, -0.15) is 5.21 Å². The summed E-state index contributed by atoms with van der Waals surface area (Å²) in [6, 6.07) is 13.6. The molecule has 2 heterocycles. The van der Waals surface area contributed by atoms with Crippen molar-refractivity contribution < 1.29 is 24.0 Å². The van der Waals surface area contributed by atoms with E-state index in [-0.39, 0.29) is 49.2 Å². The molecular weight excluding hydrogens is 552 g/mol. The summed E-state index contributed by atoms with van der Waals surface area (Å²) in [6.07, 6.45) is 1.14. The number of Topliss-reactive ketones (excluding diaryl/α,β-unsaturated/α-hetero) is 1. The maximum Gasteiger partial charge on any atom is 0.247 e. The lowest BCUT2D eigenvalue weighted by Crippen LogP contribution is -2.51. The maximum absolute atomic E-state index is 13.7. The third-order valence-corrected chi connectivity index (χ3v) is 7.55. The number of rotatable bonds is 13. The molecule has 0 saturated carbocycles. The number of aromatic amines is 1. The van der Waals surface area contributed by atoms with Crippen molar-refractivity contribution in [3.63, 3.8) is 0 Å². The Bertz CT molecular complexity index is 1460. The van der Waals surface area contributed by atoms with Gasteiger partial charge in [-0.1, -0.05) is 67.9 Å². The van der Waals surface area contributed by atoms with E-state index < -0.39 is 36.2 Å². The van der Waals surface area contributed by atoms with Crippen LogP contribution in [0.2, 0.25) is 0 Å². The molecule has 13 nitrogen and oxygen atoms in total. The summed E-state index contributed by atoms with van der Waals surface area (Å²) in [5.74, 6) is -2.26. The highest BCUT2D eigenvalue weighted by molar-refractivity contribution is 6.09. The number of tetrazole rings is 1. The second-order valence-electron chi connectivity index (χ2n) is 10.6. The van der Waals surface area contributed by atoms with Crippen LogP contribution < -0.4 is 20.9 Å². The Balaban J connectivity index is 1.50. The summed E-state index contributed by atoms with van der Waals surface area (Å²) in [5.41, 5.74) is 2.34. The molecule has 2 aromatic carbocycles. The van der Waals surface area contributed by atoms with E-state index in [1.807, 2.05) is 44.2 Å². The van der Waals surface area contributed by atoms with Crippen molar-refractivity contribution in [3.05, 3.63) is 65.5 Å². The Labute approximate surface area is 249 Å². The molecular formula is C30H36N8O5. The second-order valence-corrected chi connectivity index (χ2v) is 10.6. The monoisotopic (exact) mass is 588 g/mol. The standard InChI is InChI=1S/C30H36N8O5/c1-4-18(2)23(15-22(40)13-20-9-6-5-7-10-20)29(42)32-17-27(41)38-25(30(43)31-16-26-34-36-37-35-26)14-21-11-8-12-24(28(21)38)33-19(3)39/h5-12,18,23,25H,4,13-17H2,1-3H3,(H,31,43)(H,32,42)(H,33,39)(H,34,35,36,37)/t18-,23-,25-/m0/s1. The third-order valence-electron chi connectivity index (χ3n) is 7.55. The van der Waals surface area contributed by atoms with Crippen LogP contribution in [0, 0.1) is 11.8 Å². The van der Waals surface area contributed by atoms with Crippen molar-refractivity contribution in [2.45, 2.75) is 59.0 Å². The molecule has 4 amide bonds. The van der Waals surface area contributed by atoms with Gasteiger partial charge in [0.2, 0.25) is 23.6 Å². The first kappa shape index (κ1) is 31.0. The number of aromatic nitrogens is 4. The van der Waals surface area contributed by atoms with Crippen LogP contribution in [0.3, 0.4) is 0 Å². The highest BCUT2D eigenvalue weighted by Crippen LogP contribution is 2.39. The van der Waals surface area contributed by atoms with Gasteiger partial charge >= 0.3 is 0 Å². The first-order chi connectivity index (χ1) is 20.7. The van der Waals surface area contributed by atoms with Crippen LogP contribution in [0.1, 0.15) is 50.6 Å². The molecule has 226 valence electrons. The number of benzene rings is 2. The fourth-order valence-electron chi connectivity index (χ4n) is 5.19. The molecule has 4 N–H and O–H groups in total. The molecule has 0 fully saturated rings. The fraction of sp³-hybridized carbons (Fsp3) is 0.400. The Kier molecular flexibility index (Phi) is 10.3. The van der Waals surface area contributed by atoms with E-state index in [9.17, 15) is 24.0 Å². The molecule has 0 saturated heterocycles. The Morgan fingerprint density at radius 1 is 1.05 bits per heavy atom. The van der Waals surface area contributed by atoms with Crippen molar-refractivity contribution in [1.29, 1.82) is 0 Å². The van der Waals surface area contributed by atoms with Gasteiger partial charge in [0.05, 0.1) is 24.5 Å². The van der Waals surface area contributed by atoms with Gasteiger partial charge in [-0.25, -0.2) is 0 Å². The highest BCUT2D eigenvalue weighted by Gasteiger charge is 2.40. The number of hydrogen-bond acceptors (Lipinski definition) is 8. The van der Waals surface area contributed by atoms with E-state index in [1.54, 1.807) is 18.2 Å². The predicted octanol–water partition coefficient (Wildman–Crippen LogP) is 1.71. The summed E-state index contributed by atoms with van der Waals surface area (Å²) in [7, 11) is 0. The number of hydrogen-bond donors (Lipinski definition) is 4. The molecule has 3 atom stereocenters. The van der Waals surface area contributed by atoms with E-state index in [2.05, 4.69) is 36.6 Å². The number of amides is 4. The smallest absolute Gasteiger partial charge is 0.247 e. The maximum atomic E-state index is 13.7. The highest BCUT2D eigenvalue weighted by atomic mass is 16.2. The van der Waals surface area contributed by atoms with Crippen molar-refractivity contribution in [2.75, 3.05) is 16.8 Å². The molecule has 4 rings (SSSR count). The number of ketones is 1. The molecule has 3 aromatic rings. The molecule has 0 unspecified atom stereocenters. The summed E-state index contributed by atoms with van der Waals surface area (Å²) >= 11 is 0. The van der Waals surface area contributed by atoms with Crippen molar-refractivity contribution in [3.8, 4) is 0 Å². The predicted molar refractivity (Wildman–Crippen MR) is 157 cm³/mol. The number of carbonyl (C=O) groups excluding carboxylic acids is 5. The number of nitrogens with zero attached hydrogens (tertiary/aromatic N) is 4. The second kappa shape index (κ2) is 14.3. The SMILES string of the molecule is CC[C@H](C)[C@H](CC(=O)Cc1ccccc1)C(=O)NCC(=O)N1c2c(cccc2NC(C)=O)C[C@H]1C(=O)NCc1nn[nH]n1. The Morgan fingerprint density at radius 3 is 2.49 bits per heavy atom. The average Bonchev–Trinajstić information content (AvgIpc) is 3.66. The summed E-state index contributed by atoms with van der Waals surface area (Å²) < 4.78 is 0. The first-order valence-electron chi connectivity index (χ1n) is 14.2. The normalized spacial score (nSPS) is 15.2. The van der Waals surface area contributed by atoms with Gasteiger partial charge in [0.15, 0.2) is 5.82 Å². The molecule has 1 aromatic heterocycles. The van der Waals surface area contributed by atoms with Crippen LogP contribution in [0.5, 0.6) is 0 Å². The summed E-state index contributed by atoms with van der Waals surface area (Å²) in [4.78, 5) is 66.5. The first-order valence-corrected chi connectivity index (χ1v) is 14.2. The molecule has 1 aliphatic rings. The number of carbonyl (C=O) groups is 5. The van der Waals surface area contributed by atoms with E-state index in [4.69, 9.17) is 0 Å². The summed E-state index contributed by atoms with van der Waals surface area (Å²) in [6.45, 7) is 4.79. The zero-order chi connectivity index (χ0) is 30.9. The zero-order valence-electron chi connectivity index (χ0n) is 24.4. The minimum absolute atomic E-state index is 0.00685. The summed E-state index contributed by atoms with van der Waals surface area (Å²) in [5, 5.41) is 21.6. The minimum atomic E-state index is -0.945.